The third kappa shape index (κ3) is 6.32. The Bertz CT molecular complexity index is 815. The second-order valence-corrected chi connectivity index (χ2v) is 7.56. The normalized spacial score (nSPS) is 11.4. The Hall–Kier alpha value is -2.86. The quantitative estimate of drug-likeness (QED) is 0.444. The van der Waals surface area contributed by atoms with E-state index in [-0.39, 0.29) is 0 Å². The van der Waals surface area contributed by atoms with Crippen molar-refractivity contribution in [1.29, 1.82) is 0 Å². The summed E-state index contributed by atoms with van der Waals surface area (Å²) in [6, 6.07) is 9.68. The van der Waals surface area contributed by atoms with E-state index in [0.717, 1.165) is 33.7 Å². The van der Waals surface area contributed by atoms with E-state index in [4.69, 9.17) is 23.7 Å². The number of hydrogen-bond acceptors (Lipinski definition) is 5. The molecule has 0 saturated carbocycles. The van der Waals surface area contributed by atoms with Gasteiger partial charge in [0.05, 0.1) is 49.6 Å². The first kappa shape index (κ1) is 22.4. The largest absolute Gasteiger partial charge is 0.493 e. The van der Waals surface area contributed by atoms with E-state index in [1.807, 2.05) is 42.5 Å². The Morgan fingerprint density at radius 2 is 1.24 bits per heavy atom. The van der Waals surface area contributed by atoms with Crippen LogP contribution in [0, 0.1) is 0 Å². The highest BCUT2D eigenvalue weighted by Gasteiger charge is 2.12. The summed E-state index contributed by atoms with van der Waals surface area (Å²) in [7, 11) is 12.9. The van der Waals surface area contributed by atoms with Crippen LogP contribution in [-0.2, 0) is 0 Å². The topological polar surface area (TPSA) is 46.2 Å². The molecule has 6 heteroatoms. The molecule has 0 radical (unpaired) electrons. The summed E-state index contributed by atoms with van der Waals surface area (Å²) in [5.41, 5.74) is 1.93. The number of ether oxygens (including phenoxy) is 5. The van der Waals surface area contributed by atoms with Crippen molar-refractivity contribution in [3.63, 3.8) is 0 Å². The van der Waals surface area contributed by atoms with Crippen LogP contribution in [0.3, 0.4) is 0 Å². The van der Waals surface area contributed by atoms with Gasteiger partial charge in [-0.05, 0) is 35.4 Å². The fourth-order valence-corrected chi connectivity index (χ4v) is 2.73. The molecule has 2 aromatic rings. The van der Waals surface area contributed by atoms with Crippen molar-refractivity contribution < 1.29 is 28.2 Å². The first-order valence-corrected chi connectivity index (χ1v) is 9.40. The van der Waals surface area contributed by atoms with Gasteiger partial charge in [-0.15, -0.1) is 0 Å². The minimum absolute atomic E-state index is 0.574. The lowest BCUT2D eigenvalue weighted by Gasteiger charge is -2.24. The third-order valence-corrected chi connectivity index (χ3v) is 4.36. The fourth-order valence-electron chi connectivity index (χ4n) is 2.73. The molecule has 0 N–H and O–H groups in total. The Kier molecular flexibility index (Phi) is 7.79. The summed E-state index contributed by atoms with van der Waals surface area (Å²) in [5.74, 6) is 3.25. The molecule has 2 aromatic carbocycles. The molecule has 2 rings (SSSR count). The zero-order valence-electron chi connectivity index (χ0n) is 18.4. The van der Waals surface area contributed by atoms with Crippen LogP contribution in [0.25, 0.3) is 12.2 Å². The molecule has 158 valence electrons. The van der Waals surface area contributed by atoms with Gasteiger partial charge >= 0.3 is 0 Å². The Morgan fingerprint density at radius 1 is 0.690 bits per heavy atom. The lowest BCUT2D eigenvalue weighted by atomic mass is 10.1. The molecule has 0 spiro atoms. The van der Waals surface area contributed by atoms with Crippen LogP contribution in [0.1, 0.15) is 11.1 Å². The van der Waals surface area contributed by atoms with Crippen molar-refractivity contribution in [2.24, 2.45) is 0 Å². The highest BCUT2D eigenvalue weighted by atomic mass is 16.5. The molecule has 0 bridgehead atoms. The molecule has 0 atom stereocenters. The predicted molar refractivity (Wildman–Crippen MR) is 116 cm³/mol. The van der Waals surface area contributed by atoms with E-state index in [0.29, 0.717) is 23.9 Å². The van der Waals surface area contributed by atoms with Crippen LogP contribution in [0.2, 0.25) is 0 Å². The van der Waals surface area contributed by atoms with Crippen LogP contribution in [-0.4, -0.2) is 67.2 Å². The van der Waals surface area contributed by atoms with Gasteiger partial charge < -0.3 is 28.2 Å². The van der Waals surface area contributed by atoms with Gasteiger partial charge in [0.1, 0.15) is 13.2 Å². The van der Waals surface area contributed by atoms with E-state index in [2.05, 4.69) is 21.1 Å². The van der Waals surface area contributed by atoms with Gasteiger partial charge in [0, 0.05) is 0 Å². The van der Waals surface area contributed by atoms with E-state index in [1.54, 1.807) is 28.4 Å². The summed E-state index contributed by atoms with van der Waals surface area (Å²) in [6.45, 7) is 1.51. The number of likely N-dealkylation sites (N-methyl/N-ethyl adjacent to an activating group) is 1. The fraction of sp³-hybridized carbons (Fsp3) is 0.391. The zero-order valence-corrected chi connectivity index (χ0v) is 18.4. The monoisotopic (exact) mass is 402 g/mol. The number of rotatable bonds is 10. The smallest absolute Gasteiger partial charge is 0.203 e. The summed E-state index contributed by atoms with van der Waals surface area (Å²) >= 11 is 0. The molecule has 0 unspecified atom stereocenters. The average molecular weight is 403 g/mol. The third-order valence-electron chi connectivity index (χ3n) is 4.36. The summed E-state index contributed by atoms with van der Waals surface area (Å²) < 4.78 is 28.4. The van der Waals surface area contributed by atoms with E-state index in [9.17, 15) is 0 Å². The maximum Gasteiger partial charge on any atom is 0.203 e. The van der Waals surface area contributed by atoms with Crippen molar-refractivity contribution >= 4 is 12.2 Å². The van der Waals surface area contributed by atoms with Crippen molar-refractivity contribution in [2.45, 2.75) is 0 Å². The number of hydrogen-bond donors (Lipinski definition) is 0. The molecule has 0 amide bonds. The van der Waals surface area contributed by atoms with Crippen LogP contribution in [0.15, 0.2) is 30.3 Å². The van der Waals surface area contributed by atoms with Crippen LogP contribution in [0.5, 0.6) is 28.7 Å². The number of benzene rings is 2. The minimum Gasteiger partial charge on any atom is -0.493 e. The van der Waals surface area contributed by atoms with Crippen molar-refractivity contribution in [3.8, 4) is 28.7 Å². The minimum atomic E-state index is 0.574. The molecule has 0 saturated heterocycles. The highest BCUT2D eigenvalue weighted by molar-refractivity contribution is 5.73. The standard InChI is InChI=1S/C23H32NO5/c1-24(2,3)12-13-29-20-14-17(10-11-19(20)25-4)8-9-18-15-21(26-5)23(28-7)22(16-18)27-6/h8-11,14-16H,12-13H2,1-7H3/q+1/b9-8-. The molecule has 29 heavy (non-hydrogen) atoms. The molecule has 0 aliphatic rings. The summed E-state index contributed by atoms with van der Waals surface area (Å²) in [5, 5.41) is 0. The van der Waals surface area contributed by atoms with Crippen molar-refractivity contribution in [3.05, 3.63) is 41.5 Å². The first-order valence-electron chi connectivity index (χ1n) is 9.40. The van der Waals surface area contributed by atoms with Gasteiger partial charge in [-0.3, -0.25) is 0 Å². The SMILES string of the molecule is COc1ccc(/C=C\c2cc(OC)c(OC)c(OC)c2)cc1OCC[N+](C)(C)C. The lowest BCUT2D eigenvalue weighted by Crippen LogP contribution is -2.38. The van der Waals surface area contributed by atoms with Crippen LogP contribution < -0.4 is 23.7 Å². The van der Waals surface area contributed by atoms with Crippen molar-refractivity contribution in [2.75, 3.05) is 62.7 Å². The van der Waals surface area contributed by atoms with E-state index in [1.165, 1.54) is 0 Å². The summed E-state index contributed by atoms with van der Waals surface area (Å²) in [6.07, 6.45) is 3.99. The molecule has 6 nitrogen and oxygen atoms in total. The molecule has 0 aliphatic carbocycles. The predicted octanol–water partition coefficient (Wildman–Crippen LogP) is 3.98. The Balaban J connectivity index is 2.25. The average Bonchev–Trinajstić information content (AvgIpc) is 2.70. The Labute approximate surface area is 173 Å². The molecule has 0 fully saturated rings. The first-order chi connectivity index (χ1) is 13.8. The van der Waals surface area contributed by atoms with Gasteiger partial charge in [-0.2, -0.15) is 0 Å². The van der Waals surface area contributed by atoms with Gasteiger partial charge in [0.2, 0.25) is 5.75 Å². The molecule has 0 heterocycles. The summed E-state index contributed by atoms with van der Waals surface area (Å²) in [4.78, 5) is 0. The molecular weight excluding hydrogens is 370 g/mol. The second-order valence-electron chi connectivity index (χ2n) is 7.56. The Morgan fingerprint density at radius 3 is 1.76 bits per heavy atom. The number of methoxy groups -OCH3 is 4. The number of quaternary nitrogens is 1. The van der Waals surface area contributed by atoms with E-state index < -0.39 is 0 Å². The maximum atomic E-state index is 5.97. The lowest BCUT2D eigenvalue weighted by molar-refractivity contribution is -0.870. The van der Waals surface area contributed by atoms with Gasteiger partial charge in [0.15, 0.2) is 23.0 Å². The molecule has 0 aliphatic heterocycles. The number of nitrogens with zero attached hydrogens (tertiary/aromatic N) is 1. The highest BCUT2D eigenvalue weighted by Crippen LogP contribution is 2.38. The molecule has 0 aromatic heterocycles. The van der Waals surface area contributed by atoms with Gasteiger partial charge in [-0.1, -0.05) is 18.2 Å². The van der Waals surface area contributed by atoms with Crippen LogP contribution >= 0.6 is 0 Å². The second kappa shape index (κ2) is 10.1. The van der Waals surface area contributed by atoms with E-state index >= 15 is 0 Å². The maximum absolute atomic E-state index is 5.97. The van der Waals surface area contributed by atoms with Crippen molar-refractivity contribution in [1.82, 2.24) is 0 Å². The van der Waals surface area contributed by atoms with Gasteiger partial charge in [0.25, 0.3) is 0 Å². The zero-order chi connectivity index (χ0) is 21.4. The molecular formula is C23H32NO5+. The van der Waals surface area contributed by atoms with Crippen LogP contribution in [0.4, 0.5) is 0 Å². The van der Waals surface area contributed by atoms with Gasteiger partial charge in [-0.25, -0.2) is 0 Å².